The van der Waals surface area contributed by atoms with Gasteiger partial charge in [0.15, 0.2) is 5.96 Å². The third-order valence-corrected chi connectivity index (χ3v) is 4.07. The van der Waals surface area contributed by atoms with E-state index in [1.807, 2.05) is 36.4 Å². The molecule has 0 saturated carbocycles. The predicted molar refractivity (Wildman–Crippen MR) is 90.8 cm³/mol. The van der Waals surface area contributed by atoms with E-state index in [2.05, 4.69) is 22.4 Å². The van der Waals surface area contributed by atoms with Crippen LogP contribution < -0.4 is 20.5 Å². The molecule has 23 heavy (non-hydrogen) atoms. The number of guanidine groups is 1. The minimum absolute atomic E-state index is 0.0127. The number of nitrogens with zero attached hydrogens (tertiary/aromatic N) is 1. The summed E-state index contributed by atoms with van der Waals surface area (Å²) in [5.74, 6) is 2.12. The minimum Gasteiger partial charge on any atom is -0.497 e. The molecule has 2 aromatic rings. The van der Waals surface area contributed by atoms with Crippen molar-refractivity contribution in [1.29, 1.82) is 0 Å². The summed E-state index contributed by atoms with van der Waals surface area (Å²) in [6.45, 7) is 0. The van der Waals surface area contributed by atoms with Gasteiger partial charge in [-0.2, -0.15) is 0 Å². The molecule has 120 valence electrons. The highest BCUT2D eigenvalue weighted by Gasteiger charge is 2.26. The van der Waals surface area contributed by atoms with Crippen LogP contribution in [0.4, 0.5) is 0 Å². The zero-order valence-corrected chi connectivity index (χ0v) is 13.3. The first-order valence-electron chi connectivity index (χ1n) is 7.58. The fraction of sp³-hybridized carbons (Fsp3) is 0.278. The van der Waals surface area contributed by atoms with Crippen molar-refractivity contribution in [3.63, 3.8) is 0 Å². The van der Waals surface area contributed by atoms with Crippen molar-refractivity contribution in [2.24, 2.45) is 10.7 Å². The topological polar surface area (TPSA) is 68.9 Å². The van der Waals surface area contributed by atoms with E-state index in [0.717, 1.165) is 29.0 Å². The van der Waals surface area contributed by atoms with Crippen LogP contribution in [-0.2, 0) is 0 Å². The van der Waals surface area contributed by atoms with Gasteiger partial charge in [-0.05, 0) is 30.2 Å². The molecule has 0 bridgehead atoms. The van der Waals surface area contributed by atoms with Crippen LogP contribution in [0.2, 0.25) is 0 Å². The molecule has 2 unspecified atom stereocenters. The van der Waals surface area contributed by atoms with Gasteiger partial charge in [-0.15, -0.1) is 0 Å². The lowest BCUT2D eigenvalue weighted by Gasteiger charge is -2.29. The van der Waals surface area contributed by atoms with E-state index in [9.17, 15) is 0 Å². The highest BCUT2D eigenvalue weighted by Crippen LogP contribution is 2.36. The molecule has 5 heteroatoms. The average molecular weight is 311 g/mol. The van der Waals surface area contributed by atoms with Gasteiger partial charge in [0.25, 0.3) is 0 Å². The Morgan fingerprint density at radius 2 is 1.91 bits per heavy atom. The van der Waals surface area contributed by atoms with Crippen molar-refractivity contribution in [3.8, 4) is 11.5 Å². The molecular weight excluding hydrogens is 290 g/mol. The van der Waals surface area contributed by atoms with Crippen LogP contribution in [0.5, 0.6) is 11.5 Å². The number of benzene rings is 2. The number of para-hydroxylation sites is 1. The van der Waals surface area contributed by atoms with Gasteiger partial charge in [0, 0.05) is 5.56 Å². The maximum atomic E-state index is 6.02. The highest BCUT2D eigenvalue weighted by molar-refractivity contribution is 5.79. The summed E-state index contributed by atoms with van der Waals surface area (Å²) in [4.78, 5) is 4.55. The maximum Gasteiger partial charge on any atom is 0.189 e. The van der Waals surface area contributed by atoms with Crippen molar-refractivity contribution in [2.45, 2.75) is 18.5 Å². The van der Waals surface area contributed by atoms with E-state index < -0.39 is 0 Å². The Morgan fingerprint density at radius 1 is 1.09 bits per heavy atom. The van der Waals surface area contributed by atoms with Crippen LogP contribution in [0.3, 0.4) is 0 Å². The van der Waals surface area contributed by atoms with Gasteiger partial charge >= 0.3 is 0 Å². The molecule has 5 nitrogen and oxygen atoms in total. The minimum atomic E-state index is -0.0127. The normalized spacial score (nSPS) is 20.3. The fourth-order valence-electron chi connectivity index (χ4n) is 2.94. The molecule has 3 N–H and O–H groups in total. The number of nitrogens with two attached hydrogens (primary N) is 1. The van der Waals surface area contributed by atoms with Crippen molar-refractivity contribution < 1.29 is 9.47 Å². The Hall–Kier alpha value is -2.69. The second-order valence-corrected chi connectivity index (χ2v) is 5.48. The third kappa shape index (κ3) is 3.23. The summed E-state index contributed by atoms with van der Waals surface area (Å²) in [6, 6.07) is 16.0. The zero-order valence-electron chi connectivity index (χ0n) is 13.3. The van der Waals surface area contributed by atoms with E-state index in [0.29, 0.717) is 5.96 Å². The number of ether oxygens (including phenoxy) is 2. The first kappa shape index (κ1) is 15.2. The van der Waals surface area contributed by atoms with Gasteiger partial charge in [0.05, 0.1) is 26.3 Å². The highest BCUT2D eigenvalue weighted by atomic mass is 16.5. The SMILES string of the molecule is COc1cccc(C2CC(c3ccccc3OC)NC(N)=N2)c1. The summed E-state index contributed by atoms with van der Waals surface area (Å²) in [5.41, 5.74) is 8.19. The number of nitrogens with one attached hydrogen (secondary N) is 1. The number of methoxy groups -OCH3 is 2. The lowest BCUT2D eigenvalue weighted by Crippen LogP contribution is -2.39. The van der Waals surface area contributed by atoms with Crippen LogP contribution in [0.1, 0.15) is 29.6 Å². The standard InChI is InChI=1S/C18H21N3O2/c1-22-13-7-5-6-12(10-13)15-11-16(21-18(19)20-15)14-8-3-4-9-17(14)23-2/h3-10,15-16H,11H2,1-2H3,(H3,19,20,21). The van der Waals surface area contributed by atoms with E-state index in [1.165, 1.54) is 0 Å². The number of rotatable bonds is 4. The van der Waals surface area contributed by atoms with Gasteiger partial charge in [-0.1, -0.05) is 30.3 Å². The van der Waals surface area contributed by atoms with Gasteiger partial charge in [0.2, 0.25) is 0 Å². The predicted octanol–water partition coefficient (Wildman–Crippen LogP) is 2.79. The largest absolute Gasteiger partial charge is 0.497 e. The molecule has 0 spiro atoms. The summed E-state index contributed by atoms with van der Waals surface area (Å²) < 4.78 is 10.8. The molecule has 0 saturated heterocycles. The Balaban J connectivity index is 1.91. The summed E-state index contributed by atoms with van der Waals surface area (Å²) in [6.07, 6.45) is 0.800. The van der Waals surface area contributed by atoms with E-state index in [4.69, 9.17) is 15.2 Å². The second kappa shape index (κ2) is 6.60. The van der Waals surface area contributed by atoms with Crippen LogP contribution in [0, 0.1) is 0 Å². The van der Waals surface area contributed by atoms with Crippen LogP contribution in [-0.4, -0.2) is 20.2 Å². The van der Waals surface area contributed by atoms with Crippen molar-refractivity contribution in [1.82, 2.24) is 5.32 Å². The van der Waals surface area contributed by atoms with Gasteiger partial charge in [-0.3, -0.25) is 0 Å². The van der Waals surface area contributed by atoms with Crippen molar-refractivity contribution in [3.05, 3.63) is 59.7 Å². The molecule has 0 aliphatic carbocycles. The molecule has 0 amide bonds. The van der Waals surface area contributed by atoms with Crippen LogP contribution in [0.25, 0.3) is 0 Å². The molecule has 3 rings (SSSR count). The molecule has 0 radical (unpaired) electrons. The first-order valence-corrected chi connectivity index (χ1v) is 7.58. The van der Waals surface area contributed by atoms with Crippen LogP contribution >= 0.6 is 0 Å². The summed E-state index contributed by atoms with van der Waals surface area (Å²) in [5, 5.41) is 3.25. The van der Waals surface area contributed by atoms with E-state index in [-0.39, 0.29) is 12.1 Å². The molecule has 2 aromatic carbocycles. The Bertz CT molecular complexity index is 715. The van der Waals surface area contributed by atoms with Gasteiger partial charge in [-0.25, -0.2) is 4.99 Å². The average Bonchev–Trinajstić information content (AvgIpc) is 2.61. The molecule has 1 aliphatic heterocycles. The van der Waals surface area contributed by atoms with Crippen molar-refractivity contribution in [2.75, 3.05) is 14.2 Å². The molecule has 0 fully saturated rings. The Morgan fingerprint density at radius 3 is 2.70 bits per heavy atom. The third-order valence-electron chi connectivity index (χ3n) is 4.07. The molecule has 2 atom stereocenters. The van der Waals surface area contributed by atoms with Gasteiger partial charge < -0.3 is 20.5 Å². The molecular formula is C18H21N3O2. The lowest BCUT2D eigenvalue weighted by atomic mass is 9.93. The summed E-state index contributed by atoms with van der Waals surface area (Å²) >= 11 is 0. The number of hydrogen-bond donors (Lipinski definition) is 2. The quantitative estimate of drug-likeness (QED) is 0.911. The van der Waals surface area contributed by atoms with E-state index in [1.54, 1.807) is 14.2 Å². The monoisotopic (exact) mass is 311 g/mol. The number of aliphatic imine (C=N–C) groups is 1. The van der Waals surface area contributed by atoms with Crippen molar-refractivity contribution >= 4 is 5.96 Å². The van der Waals surface area contributed by atoms with Crippen LogP contribution in [0.15, 0.2) is 53.5 Å². The van der Waals surface area contributed by atoms with E-state index >= 15 is 0 Å². The second-order valence-electron chi connectivity index (χ2n) is 5.48. The molecule has 1 heterocycles. The fourth-order valence-corrected chi connectivity index (χ4v) is 2.94. The van der Waals surface area contributed by atoms with Gasteiger partial charge in [0.1, 0.15) is 11.5 Å². The molecule has 0 aromatic heterocycles. The summed E-state index contributed by atoms with van der Waals surface area (Å²) in [7, 11) is 3.34. The lowest BCUT2D eigenvalue weighted by molar-refractivity contribution is 0.394. The Labute approximate surface area is 136 Å². The number of hydrogen-bond acceptors (Lipinski definition) is 5. The molecule has 1 aliphatic rings. The maximum absolute atomic E-state index is 6.02. The smallest absolute Gasteiger partial charge is 0.189 e. The first-order chi connectivity index (χ1) is 11.2. The zero-order chi connectivity index (χ0) is 16.2. The Kier molecular flexibility index (Phi) is 4.37.